The van der Waals surface area contributed by atoms with E-state index in [0.29, 0.717) is 0 Å². The van der Waals surface area contributed by atoms with Gasteiger partial charge in [0, 0.05) is 45.2 Å². The van der Waals surface area contributed by atoms with E-state index in [9.17, 15) is 9.59 Å². The maximum atomic E-state index is 13.1. The van der Waals surface area contributed by atoms with Gasteiger partial charge in [-0.1, -0.05) is 50.1 Å². The smallest absolute Gasteiger partial charge is 0.239 e. The zero-order chi connectivity index (χ0) is 22.1. The molecule has 0 aromatic heterocycles. The van der Waals surface area contributed by atoms with Crippen molar-refractivity contribution in [3.63, 3.8) is 0 Å². The Labute approximate surface area is 188 Å². The third-order valence-corrected chi connectivity index (χ3v) is 6.82. The van der Waals surface area contributed by atoms with Crippen LogP contribution in [-0.4, -0.2) is 78.4 Å². The largest absolute Gasteiger partial charge is 0.356 e. The summed E-state index contributed by atoms with van der Waals surface area (Å²) in [5, 5.41) is 3.09. The van der Waals surface area contributed by atoms with Gasteiger partial charge in [0.2, 0.25) is 11.8 Å². The number of piperazine rings is 1. The summed E-state index contributed by atoms with van der Waals surface area (Å²) in [5.74, 6) is 0.535. The number of hydrogen-bond donors (Lipinski definition) is 1. The quantitative estimate of drug-likeness (QED) is 0.615. The summed E-state index contributed by atoms with van der Waals surface area (Å²) in [4.78, 5) is 32.2. The Hall–Kier alpha value is -1.92. The first kappa shape index (κ1) is 23.7. The molecule has 1 aromatic carbocycles. The van der Waals surface area contributed by atoms with Crippen molar-refractivity contribution in [3.8, 4) is 0 Å². The number of amides is 2. The Morgan fingerprint density at radius 1 is 1.00 bits per heavy atom. The number of nitrogens with one attached hydrogen (secondary N) is 1. The van der Waals surface area contributed by atoms with E-state index in [1.54, 1.807) is 0 Å². The van der Waals surface area contributed by atoms with Crippen molar-refractivity contribution in [1.29, 1.82) is 0 Å². The fourth-order valence-electron chi connectivity index (χ4n) is 4.67. The molecule has 0 bridgehead atoms. The van der Waals surface area contributed by atoms with Gasteiger partial charge in [0.05, 0.1) is 6.04 Å². The van der Waals surface area contributed by atoms with Crippen LogP contribution in [0.3, 0.4) is 0 Å². The lowest BCUT2D eigenvalue weighted by Crippen LogP contribution is -2.55. The maximum Gasteiger partial charge on any atom is 0.239 e. The first-order chi connectivity index (χ1) is 15.1. The Morgan fingerprint density at radius 3 is 2.32 bits per heavy atom. The molecule has 31 heavy (non-hydrogen) atoms. The average Bonchev–Trinajstić information content (AvgIpc) is 2.82. The summed E-state index contributed by atoms with van der Waals surface area (Å²) in [5.41, 5.74) is 1.33. The van der Waals surface area contributed by atoms with Crippen LogP contribution in [0.15, 0.2) is 30.3 Å². The molecule has 3 rings (SSSR count). The van der Waals surface area contributed by atoms with Crippen molar-refractivity contribution in [2.75, 3.05) is 45.8 Å². The van der Waals surface area contributed by atoms with Crippen LogP contribution in [0.4, 0.5) is 0 Å². The summed E-state index contributed by atoms with van der Waals surface area (Å²) >= 11 is 0. The summed E-state index contributed by atoms with van der Waals surface area (Å²) < 4.78 is 0. The minimum atomic E-state index is -0.103. The van der Waals surface area contributed by atoms with Gasteiger partial charge in [0.1, 0.15) is 0 Å². The van der Waals surface area contributed by atoms with E-state index < -0.39 is 0 Å². The zero-order valence-corrected chi connectivity index (χ0v) is 19.4. The third kappa shape index (κ3) is 7.04. The molecule has 2 aliphatic heterocycles. The van der Waals surface area contributed by atoms with Gasteiger partial charge in [-0.25, -0.2) is 0 Å². The van der Waals surface area contributed by atoms with E-state index in [0.717, 1.165) is 71.6 Å². The zero-order valence-electron chi connectivity index (χ0n) is 19.4. The minimum absolute atomic E-state index is 0.0988. The molecule has 0 radical (unpaired) electrons. The van der Waals surface area contributed by atoms with Crippen LogP contribution in [0.5, 0.6) is 0 Å². The maximum absolute atomic E-state index is 13.1. The molecule has 6 heteroatoms. The lowest BCUT2D eigenvalue weighted by Gasteiger charge is -2.40. The number of benzene rings is 1. The highest BCUT2D eigenvalue weighted by Gasteiger charge is 2.32. The van der Waals surface area contributed by atoms with E-state index >= 15 is 0 Å². The molecule has 1 unspecified atom stereocenters. The predicted molar refractivity (Wildman–Crippen MR) is 125 cm³/mol. The van der Waals surface area contributed by atoms with Crippen molar-refractivity contribution in [2.24, 2.45) is 5.92 Å². The number of carbonyl (C=O) groups excluding carboxylic acids is 2. The molecule has 2 aliphatic rings. The van der Waals surface area contributed by atoms with Gasteiger partial charge in [0.25, 0.3) is 0 Å². The van der Waals surface area contributed by atoms with Gasteiger partial charge in [0.15, 0.2) is 0 Å². The number of likely N-dealkylation sites (tertiary alicyclic amines) is 1. The van der Waals surface area contributed by atoms with Crippen LogP contribution < -0.4 is 5.32 Å². The number of nitrogens with zero attached hydrogens (tertiary/aromatic N) is 3. The monoisotopic (exact) mass is 428 g/mol. The summed E-state index contributed by atoms with van der Waals surface area (Å²) in [6.07, 6.45) is 5.09. The van der Waals surface area contributed by atoms with Crippen LogP contribution in [0.1, 0.15) is 51.5 Å². The summed E-state index contributed by atoms with van der Waals surface area (Å²) in [7, 11) is 0. The Kier molecular flexibility index (Phi) is 9.34. The second-order valence-electron chi connectivity index (χ2n) is 9.07. The van der Waals surface area contributed by atoms with Crippen molar-refractivity contribution in [3.05, 3.63) is 35.9 Å². The topological polar surface area (TPSA) is 55.9 Å². The number of carbonyl (C=O) groups is 2. The van der Waals surface area contributed by atoms with Crippen LogP contribution in [0.25, 0.3) is 0 Å². The second kappa shape index (κ2) is 12.2. The van der Waals surface area contributed by atoms with E-state index in [1.807, 2.05) is 17.9 Å². The van der Waals surface area contributed by atoms with E-state index in [2.05, 4.69) is 46.3 Å². The lowest BCUT2D eigenvalue weighted by atomic mass is 9.94. The highest BCUT2D eigenvalue weighted by molar-refractivity contribution is 5.82. The summed E-state index contributed by atoms with van der Waals surface area (Å²) in [6.45, 7) is 11.0. The normalized spacial score (nSPS) is 19.9. The summed E-state index contributed by atoms with van der Waals surface area (Å²) in [6, 6.07) is 10.4. The van der Waals surface area contributed by atoms with Gasteiger partial charge in [-0.15, -0.1) is 0 Å². The Morgan fingerprint density at radius 2 is 1.68 bits per heavy atom. The van der Waals surface area contributed by atoms with E-state index in [1.165, 1.54) is 18.4 Å². The lowest BCUT2D eigenvalue weighted by molar-refractivity contribution is -0.139. The van der Waals surface area contributed by atoms with Crippen LogP contribution in [-0.2, 0) is 16.1 Å². The first-order valence-electron chi connectivity index (χ1n) is 12.1. The molecule has 0 spiro atoms. The molecule has 2 saturated heterocycles. The second-order valence-corrected chi connectivity index (χ2v) is 9.07. The Balaban J connectivity index is 1.37. The Bertz CT molecular complexity index is 680. The van der Waals surface area contributed by atoms with E-state index in [4.69, 9.17) is 0 Å². The standard InChI is InChI=1S/C25H40N4O2/c1-3-4-8-13-26-24(30)23-11-14-28(15-12-23)21(2)25(31)29-18-16-27(17-19-29)20-22-9-6-5-7-10-22/h5-7,9-10,21,23H,3-4,8,11-20H2,1-2H3,(H,26,30). The SMILES string of the molecule is CCCCCNC(=O)C1CCN(C(C)C(=O)N2CCN(Cc3ccccc3)CC2)CC1. The third-order valence-electron chi connectivity index (χ3n) is 6.82. The molecule has 1 atom stereocenters. The molecule has 2 heterocycles. The number of hydrogen-bond acceptors (Lipinski definition) is 4. The molecule has 6 nitrogen and oxygen atoms in total. The minimum Gasteiger partial charge on any atom is -0.356 e. The highest BCUT2D eigenvalue weighted by atomic mass is 16.2. The average molecular weight is 429 g/mol. The molecule has 1 N–H and O–H groups in total. The molecular formula is C25H40N4O2. The number of rotatable bonds is 9. The van der Waals surface area contributed by atoms with E-state index in [-0.39, 0.29) is 23.8 Å². The highest BCUT2D eigenvalue weighted by Crippen LogP contribution is 2.20. The molecule has 172 valence electrons. The van der Waals surface area contributed by atoms with Gasteiger partial charge >= 0.3 is 0 Å². The number of unbranched alkanes of at least 4 members (excludes halogenated alkanes) is 2. The van der Waals surface area contributed by atoms with Crippen molar-refractivity contribution in [2.45, 2.75) is 58.5 Å². The first-order valence-corrected chi connectivity index (χ1v) is 12.1. The fourth-order valence-corrected chi connectivity index (χ4v) is 4.67. The fraction of sp³-hybridized carbons (Fsp3) is 0.680. The van der Waals surface area contributed by atoms with Crippen molar-refractivity contribution in [1.82, 2.24) is 20.0 Å². The van der Waals surface area contributed by atoms with Crippen molar-refractivity contribution < 1.29 is 9.59 Å². The molecule has 0 aliphatic carbocycles. The van der Waals surface area contributed by atoms with Gasteiger partial charge in [-0.05, 0) is 44.8 Å². The van der Waals surface area contributed by atoms with Crippen LogP contribution in [0.2, 0.25) is 0 Å². The molecule has 2 amide bonds. The van der Waals surface area contributed by atoms with Gasteiger partial charge in [-0.3, -0.25) is 19.4 Å². The van der Waals surface area contributed by atoms with Gasteiger partial charge < -0.3 is 10.2 Å². The molecule has 0 saturated carbocycles. The molecule has 1 aromatic rings. The molecule has 2 fully saturated rings. The van der Waals surface area contributed by atoms with Crippen LogP contribution >= 0.6 is 0 Å². The molecular weight excluding hydrogens is 388 g/mol. The van der Waals surface area contributed by atoms with Crippen molar-refractivity contribution >= 4 is 11.8 Å². The number of piperidine rings is 1. The van der Waals surface area contributed by atoms with Gasteiger partial charge in [-0.2, -0.15) is 0 Å². The van der Waals surface area contributed by atoms with Crippen LogP contribution in [0, 0.1) is 5.92 Å². The predicted octanol–water partition coefficient (Wildman–Crippen LogP) is 2.74.